The van der Waals surface area contributed by atoms with Crippen molar-refractivity contribution in [3.8, 4) is 5.69 Å². The summed E-state index contributed by atoms with van der Waals surface area (Å²) in [6.45, 7) is 3.77. The minimum atomic E-state index is -0.749. The smallest absolute Gasteiger partial charge is 0.317 e. The summed E-state index contributed by atoms with van der Waals surface area (Å²) in [7, 11) is 0. The normalized spacial score (nSPS) is 15.7. The number of urea groups is 1. The van der Waals surface area contributed by atoms with Crippen molar-refractivity contribution in [2.24, 2.45) is 0 Å². The number of barbiturate groups is 1. The van der Waals surface area contributed by atoms with Gasteiger partial charge in [-0.1, -0.05) is 24.3 Å². The summed E-state index contributed by atoms with van der Waals surface area (Å²) in [6.07, 6.45) is 3.35. The number of hydrogen-bond donors (Lipinski definition) is 1. The van der Waals surface area contributed by atoms with Crippen molar-refractivity contribution in [2.45, 2.75) is 13.8 Å². The number of amides is 4. The van der Waals surface area contributed by atoms with E-state index in [1.165, 1.54) is 6.08 Å². The number of anilines is 1. The molecule has 1 N–H and O–H groups in total. The van der Waals surface area contributed by atoms with Crippen molar-refractivity contribution in [3.05, 3.63) is 89.3 Å². The zero-order chi connectivity index (χ0) is 20.5. The minimum Gasteiger partial charge on any atom is -0.317 e. The van der Waals surface area contributed by atoms with Gasteiger partial charge in [-0.2, -0.15) is 0 Å². The molecule has 0 aliphatic carbocycles. The van der Waals surface area contributed by atoms with Gasteiger partial charge >= 0.3 is 6.03 Å². The van der Waals surface area contributed by atoms with Gasteiger partial charge in [-0.3, -0.25) is 14.9 Å². The Kier molecular flexibility index (Phi) is 4.60. The van der Waals surface area contributed by atoms with E-state index in [0.29, 0.717) is 11.4 Å². The lowest BCUT2D eigenvalue weighted by molar-refractivity contribution is -0.122. The Balaban J connectivity index is 1.77. The zero-order valence-corrected chi connectivity index (χ0v) is 16.0. The van der Waals surface area contributed by atoms with Gasteiger partial charge in [-0.05, 0) is 67.4 Å². The van der Waals surface area contributed by atoms with Crippen molar-refractivity contribution in [1.29, 1.82) is 0 Å². The molecule has 29 heavy (non-hydrogen) atoms. The van der Waals surface area contributed by atoms with Crippen LogP contribution in [0.4, 0.5) is 10.5 Å². The fraction of sp³-hybridized carbons (Fsp3) is 0.0870. The van der Waals surface area contributed by atoms with E-state index in [2.05, 4.69) is 5.32 Å². The first kappa shape index (κ1) is 18.4. The third-order valence-corrected chi connectivity index (χ3v) is 4.67. The molecule has 6 heteroatoms. The molecule has 0 saturated carbocycles. The van der Waals surface area contributed by atoms with Crippen molar-refractivity contribution in [3.63, 3.8) is 0 Å². The summed E-state index contributed by atoms with van der Waals surface area (Å²) in [5.74, 6) is -1.36. The summed E-state index contributed by atoms with van der Waals surface area (Å²) in [6, 6.07) is 17.9. The van der Waals surface area contributed by atoms with Gasteiger partial charge in [0.15, 0.2) is 0 Å². The lowest BCUT2D eigenvalue weighted by Gasteiger charge is -2.27. The predicted octanol–water partition coefficient (Wildman–Crippen LogP) is 3.76. The Labute approximate surface area is 168 Å². The maximum atomic E-state index is 13.1. The van der Waals surface area contributed by atoms with Crippen LogP contribution < -0.4 is 10.2 Å². The van der Waals surface area contributed by atoms with Crippen LogP contribution in [0.5, 0.6) is 0 Å². The Hall–Kier alpha value is -3.93. The second-order valence-corrected chi connectivity index (χ2v) is 6.94. The fourth-order valence-electron chi connectivity index (χ4n) is 3.46. The average Bonchev–Trinajstić information content (AvgIpc) is 3.13. The molecular weight excluding hydrogens is 366 g/mol. The van der Waals surface area contributed by atoms with E-state index in [1.807, 2.05) is 67.1 Å². The molecule has 1 aliphatic rings. The second-order valence-electron chi connectivity index (χ2n) is 6.94. The van der Waals surface area contributed by atoms with E-state index in [4.69, 9.17) is 0 Å². The van der Waals surface area contributed by atoms with Crippen molar-refractivity contribution in [1.82, 2.24) is 9.88 Å². The molecule has 2 heterocycles. The number of carbonyl (C=O) groups is 3. The van der Waals surface area contributed by atoms with Crippen LogP contribution in [0.15, 0.2) is 72.4 Å². The van der Waals surface area contributed by atoms with E-state index < -0.39 is 17.8 Å². The molecule has 0 atom stereocenters. The van der Waals surface area contributed by atoms with Gasteiger partial charge in [0.2, 0.25) is 0 Å². The van der Waals surface area contributed by atoms with E-state index in [-0.39, 0.29) is 5.57 Å². The van der Waals surface area contributed by atoms with Crippen LogP contribution in [-0.2, 0) is 9.59 Å². The number of rotatable bonds is 3. The second kappa shape index (κ2) is 7.24. The van der Waals surface area contributed by atoms with Gasteiger partial charge < -0.3 is 4.57 Å². The van der Waals surface area contributed by atoms with Gasteiger partial charge in [0.1, 0.15) is 5.57 Å². The number of benzene rings is 2. The lowest BCUT2D eigenvalue weighted by Crippen LogP contribution is -2.54. The summed E-state index contributed by atoms with van der Waals surface area (Å²) in [5, 5.41) is 2.27. The lowest BCUT2D eigenvalue weighted by atomic mass is 10.1. The topological polar surface area (TPSA) is 71.4 Å². The van der Waals surface area contributed by atoms with E-state index >= 15 is 0 Å². The van der Waals surface area contributed by atoms with Gasteiger partial charge in [-0.25, -0.2) is 9.69 Å². The molecule has 4 rings (SSSR count). The first-order valence-electron chi connectivity index (χ1n) is 9.16. The number of imide groups is 2. The molecule has 4 amide bonds. The number of nitrogens with one attached hydrogen (secondary N) is 1. The maximum absolute atomic E-state index is 13.1. The van der Waals surface area contributed by atoms with Crippen LogP contribution in [0.2, 0.25) is 0 Å². The van der Waals surface area contributed by atoms with Crippen LogP contribution in [-0.4, -0.2) is 22.4 Å². The van der Waals surface area contributed by atoms with Crippen molar-refractivity contribution in [2.75, 3.05) is 4.90 Å². The van der Waals surface area contributed by atoms with Crippen molar-refractivity contribution < 1.29 is 14.4 Å². The van der Waals surface area contributed by atoms with E-state index in [0.717, 1.165) is 21.7 Å². The van der Waals surface area contributed by atoms with Crippen LogP contribution in [0.3, 0.4) is 0 Å². The number of aryl methyl sites for hydroxylation is 2. The Morgan fingerprint density at radius 1 is 0.828 bits per heavy atom. The largest absolute Gasteiger partial charge is 0.335 e. The predicted molar refractivity (Wildman–Crippen MR) is 111 cm³/mol. The molecule has 1 saturated heterocycles. The molecule has 6 nitrogen and oxygen atoms in total. The fourth-order valence-corrected chi connectivity index (χ4v) is 3.46. The molecule has 1 aromatic heterocycles. The number of para-hydroxylation sites is 1. The first-order chi connectivity index (χ1) is 13.9. The zero-order valence-electron chi connectivity index (χ0n) is 16.0. The number of carbonyl (C=O) groups excluding carboxylic acids is 3. The number of nitrogens with zero attached hydrogens (tertiary/aromatic N) is 2. The third kappa shape index (κ3) is 3.48. The molecule has 3 aromatic rings. The van der Waals surface area contributed by atoms with Gasteiger partial charge in [0.25, 0.3) is 11.8 Å². The molecule has 0 unspecified atom stereocenters. The summed E-state index contributed by atoms with van der Waals surface area (Å²) >= 11 is 0. The van der Waals surface area contributed by atoms with Crippen LogP contribution in [0.25, 0.3) is 11.8 Å². The average molecular weight is 385 g/mol. The molecule has 0 radical (unpaired) electrons. The number of aromatic nitrogens is 1. The Morgan fingerprint density at radius 2 is 1.52 bits per heavy atom. The number of hydrogen-bond acceptors (Lipinski definition) is 3. The molecule has 1 aliphatic heterocycles. The standard InChI is InChI=1S/C23H19N3O3/c1-15-11-16(2)13-19(12-15)26-22(28)20(21(27)24-23(26)29)14-18-9-6-10-25(18)17-7-4-3-5-8-17/h3-14H,1-2H3,(H,24,27,29). The highest BCUT2D eigenvalue weighted by atomic mass is 16.2. The molecule has 144 valence electrons. The van der Waals surface area contributed by atoms with Gasteiger partial charge in [-0.15, -0.1) is 0 Å². The molecule has 0 bridgehead atoms. The molecular formula is C23H19N3O3. The van der Waals surface area contributed by atoms with Gasteiger partial charge in [0, 0.05) is 17.6 Å². The molecule has 0 spiro atoms. The summed E-state index contributed by atoms with van der Waals surface area (Å²) in [4.78, 5) is 39.0. The highest BCUT2D eigenvalue weighted by Crippen LogP contribution is 2.25. The van der Waals surface area contributed by atoms with Crippen LogP contribution in [0, 0.1) is 13.8 Å². The minimum absolute atomic E-state index is 0.0976. The molecule has 2 aromatic carbocycles. The van der Waals surface area contributed by atoms with E-state index in [9.17, 15) is 14.4 Å². The van der Waals surface area contributed by atoms with Crippen LogP contribution in [0.1, 0.15) is 16.8 Å². The highest BCUT2D eigenvalue weighted by molar-refractivity contribution is 6.39. The highest BCUT2D eigenvalue weighted by Gasteiger charge is 2.37. The van der Waals surface area contributed by atoms with E-state index in [1.54, 1.807) is 18.2 Å². The third-order valence-electron chi connectivity index (χ3n) is 4.67. The monoisotopic (exact) mass is 385 g/mol. The Bertz CT molecular complexity index is 1140. The molecule has 1 fully saturated rings. The quantitative estimate of drug-likeness (QED) is 0.551. The maximum Gasteiger partial charge on any atom is 0.335 e. The Morgan fingerprint density at radius 3 is 2.21 bits per heavy atom. The summed E-state index contributed by atoms with van der Waals surface area (Å²) < 4.78 is 1.87. The van der Waals surface area contributed by atoms with Crippen molar-refractivity contribution >= 4 is 29.6 Å². The first-order valence-corrected chi connectivity index (χ1v) is 9.16. The SMILES string of the molecule is Cc1cc(C)cc(N2C(=O)NC(=O)C(=Cc3cccn3-c3ccccc3)C2=O)c1. The van der Waals surface area contributed by atoms with Gasteiger partial charge in [0.05, 0.1) is 5.69 Å². The van der Waals surface area contributed by atoms with Crippen LogP contribution >= 0.6 is 0 Å². The summed E-state index contributed by atoms with van der Waals surface area (Å²) in [5.41, 5.74) is 3.73.